The summed E-state index contributed by atoms with van der Waals surface area (Å²) in [6, 6.07) is 7.82. The minimum absolute atomic E-state index is 0.0374. The van der Waals surface area contributed by atoms with Crippen molar-refractivity contribution in [1.82, 2.24) is 10.6 Å². The average Bonchev–Trinajstić information content (AvgIpc) is 2.50. The molecule has 0 saturated carbocycles. The highest BCUT2D eigenvalue weighted by Crippen LogP contribution is 2.20. The number of aliphatic hydroxyl groups excluding tert-OH is 1. The molecule has 7 heteroatoms. The number of nitrogens with one attached hydrogen (secondary N) is 2. The van der Waals surface area contributed by atoms with Crippen molar-refractivity contribution in [3.8, 4) is 0 Å². The lowest BCUT2D eigenvalue weighted by Crippen LogP contribution is -2.57. The van der Waals surface area contributed by atoms with Crippen molar-refractivity contribution in [2.45, 2.75) is 45.4 Å². The molecule has 0 bridgehead atoms. The Labute approximate surface area is 147 Å². The van der Waals surface area contributed by atoms with E-state index in [1.807, 2.05) is 30.3 Å². The van der Waals surface area contributed by atoms with E-state index in [4.69, 9.17) is 16.7 Å². The van der Waals surface area contributed by atoms with Crippen LogP contribution in [0.4, 0.5) is 4.79 Å². The van der Waals surface area contributed by atoms with Gasteiger partial charge >= 0.3 is 6.09 Å². The van der Waals surface area contributed by atoms with Crippen LogP contribution in [0.25, 0.3) is 0 Å². The zero-order chi connectivity index (χ0) is 18.3. The molecule has 0 aliphatic carbocycles. The lowest BCUT2D eigenvalue weighted by molar-refractivity contribution is -0.126. The van der Waals surface area contributed by atoms with Gasteiger partial charge in [-0.05, 0) is 17.4 Å². The van der Waals surface area contributed by atoms with Crippen LogP contribution in [0.15, 0.2) is 30.3 Å². The molecular formula is C17H25ClN2O4. The SMILES string of the molecule is CC(C)(C)[C@H](NC(=O)O)C(=O)N[C@@H](Cc1ccccc1)[C@@H](O)CCl. The minimum Gasteiger partial charge on any atom is -0.465 e. The van der Waals surface area contributed by atoms with E-state index in [0.29, 0.717) is 6.42 Å². The van der Waals surface area contributed by atoms with Gasteiger partial charge in [0.15, 0.2) is 0 Å². The lowest BCUT2D eigenvalue weighted by Gasteiger charge is -2.32. The van der Waals surface area contributed by atoms with Crippen molar-refractivity contribution in [1.29, 1.82) is 0 Å². The predicted octanol–water partition coefficient (Wildman–Crippen LogP) is 2.00. The second kappa shape index (κ2) is 8.89. The Kier molecular flexibility index (Phi) is 7.51. The summed E-state index contributed by atoms with van der Waals surface area (Å²) in [7, 11) is 0. The van der Waals surface area contributed by atoms with E-state index in [9.17, 15) is 14.7 Å². The molecule has 1 rings (SSSR count). The Morgan fingerprint density at radius 2 is 1.75 bits per heavy atom. The molecule has 1 aromatic rings. The first-order chi connectivity index (χ1) is 11.1. The average molecular weight is 357 g/mol. The fourth-order valence-corrected chi connectivity index (χ4v) is 2.54. The zero-order valence-electron chi connectivity index (χ0n) is 14.1. The number of carbonyl (C=O) groups is 2. The number of rotatable bonds is 7. The van der Waals surface area contributed by atoms with Gasteiger partial charge in [0.05, 0.1) is 18.0 Å². The van der Waals surface area contributed by atoms with E-state index < -0.39 is 35.6 Å². The summed E-state index contributed by atoms with van der Waals surface area (Å²) in [5.41, 5.74) is 0.316. The Bertz CT molecular complexity index is 545. The van der Waals surface area contributed by atoms with Crippen LogP contribution in [0.3, 0.4) is 0 Å². The highest BCUT2D eigenvalue weighted by Gasteiger charge is 2.34. The van der Waals surface area contributed by atoms with Crippen molar-refractivity contribution >= 4 is 23.6 Å². The van der Waals surface area contributed by atoms with Crippen LogP contribution in [0, 0.1) is 5.41 Å². The summed E-state index contributed by atoms with van der Waals surface area (Å²) in [6.45, 7) is 5.28. The molecule has 3 atom stereocenters. The van der Waals surface area contributed by atoms with Crippen LogP contribution in [0.2, 0.25) is 0 Å². The van der Waals surface area contributed by atoms with Gasteiger partial charge in [-0.3, -0.25) is 4.79 Å². The maximum Gasteiger partial charge on any atom is 0.405 e. The topological polar surface area (TPSA) is 98.7 Å². The van der Waals surface area contributed by atoms with Gasteiger partial charge in [-0.2, -0.15) is 0 Å². The summed E-state index contributed by atoms with van der Waals surface area (Å²) in [5.74, 6) is -0.528. The standard InChI is InChI=1S/C17H25ClN2O4/c1-17(2,3)14(20-16(23)24)15(22)19-12(13(21)10-18)9-11-7-5-4-6-8-11/h4-8,12-14,20-21H,9-10H2,1-3H3,(H,19,22)(H,23,24)/t12-,13-,14+/m0/s1. The molecular weight excluding hydrogens is 332 g/mol. The van der Waals surface area contributed by atoms with Crippen LogP contribution < -0.4 is 10.6 Å². The molecule has 0 aliphatic rings. The lowest BCUT2D eigenvalue weighted by atomic mass is 9.86. The van der Waals surface area contributed by atoms with E-state index in [-0.39, 0.29) is 5.88 Å². The quantitative estimate of drug-likeness (QED) is 0.561. The normalized spacial score (nSPS) is 15.2. The van der Waals surface area contributed by atoms with E-state index in [1.165, 1.54) is 0 Å². The third-order valence-corrected chi connectivity index (χ3v) is 3.96. The van der Waals surface area contributed by atoms with Crippen LogP contribution in [-0.4, -0.2) is 46.3 Å². The molecule has 0 aliphatic heterocycles. The van der Waals surface area contributed by atoms with E-state index in [1.54, 1.807) is 20.8 Å². The third kappa shape index (κ3) is 6.37. The van der Waals surface area contributed by atoms with E-state index >= 15 is 0 Å². The van der Waals surface area contributed by atoms with Gasteiger partial charge in [-0.1, -0.05) is 51.1 Å². The van der Waals surface area contributed by atoms with Crippen molar-refractivity contribution in [3.63, 3.8) is 0 Å². The first-order valence-electron chi connectivity index (χ1n) is 7.73. The number of amides is 2. The number of hydrogen-bond donors (Lipinski definition) is 4. The zero-order valence-corrected chi connectivity index (χ0v) is 14.9. The first kappa shape index (κ1) is 20.3. The van der Waals surface area contributed by atoms with Gasteiger partial charge in [0, 0.05) is 0 Å². The molecule has 0 heterocycles. The second-order valence-corrected chi connectivity index (χ2v) is 7.08. The van der Waals surface area contributed by atoms with Crippen molar-refractivity contribution in [2.24, 2.45) is 5.41 Å². The number of carbonyl (C=O) groups excluding carboxylic acids is 1. The number of aliphatic hydroxyl groups is 1. The maximum absolute atomic E-state index is 12.6. The molecule has 0 unspecified atom stereocenters. The third-order valence-electron chi connectivity index (χ3n) is 3.64. The van der Waals surface area contributed by atoms with Gasteiger partial charge in [-0.25, -0.2) is 4.79 Å². The molecule has 0 radical (unpaired) electrons. The van der Waals surface area contributed by atoms with E-state index in [0.717, 1.165) is 5.56 Å². The maximum atomic E-state index is 12.6. The van der Waals surface area contributed by atoms with Crippen molar-refractivity contribution < 1.29 is 19.8 Å². The highest BCUT2D eigenvalue weighted by atomic mass is 35.5. The smallest absolute Gasteiger partial charge is 0.405 e. The number of alkyl halides is 1. The van der Waals surface area contributed by atoms with Gasteiger partial charge in [0.1, 0.15) is 6.04 Å². The Hall–Kier alpha value is -1.79. The van der Waals surface area contributed by atoms with Gasteiger partial charge in [-0.15, -0.1) is 11.6 Å². The first-order valence-corrected chi connectivity index (χ1v) is 8.26. The van der Waals surface area contributed by atoms with Crippen LogP contribution in [0.5, 0.6) is 0 Å². The second-order valence-electron chi connectivity index (χ2n) is 6.77. The summed E-state index contributed by atoms with van der Waals surface area (Å²) >= 11 is 5.74. The van der Waals surface area contributed by atoms with Crippen molar-refractivity contribution in [2.75, 3.05) is 5.88 Å². The number of halogens is 1. The molecule has 0 aromatic heterocycles. The molecule has 6 nitrogen and oxygen atoms in total. The minimum atomic E-state index is -1.28. The van der Waals surface area contributed by atoms with Gasteiger partial charge in [0.2, 0.25) is 5.91 Å². The predicted molar refractivity (Wildman–Crippen MR) is 93.2 cm³/mol. The molecule has 0 spiro atoms. The molecule has 1 aromatic carbocycles. The number of carboxylic acid groups (broad SMARTS) is 1. The largest absolute Gasteiger partial charge is 0.465 e. The van der Waals surface area contributed by atoms with Gasteiger partial charge < -0.3 is 20.8 Å². The number of hydrogen-bond acceptors (Lipinski definition) is 3. The summed E-state index contributed by atoms with van der Waals surface area (Å²) < 4.78 is 0. The molecule has 2 amide bonds. The van der Waals surface area contributed by atoms with Gasteiger partial charge in [0.25, 0.3) is 0 Å². The highest BCUT2D eigenvalue weighted by molar-refractivity contribution is 6.18. The number of benzene rings is 1. The van der Waals surface area contributed by atoms with Crippen LogP contribution in [0.1, 0.15) is 26.3 Å². The van der Waals surface area contributed by atoms with E-state index in [2.05, 4.69) is 10.6 Å². The monoisotopic (exact) mass is 356 g/mol. The summed E-state index contributed by atoms with van der Waals surface area (Å²) in [5, 5.41) is 24.0. The van der Waals surface area contributed by atoms with Crippen LogP contribution in [-0.2, 0) is 11.2 Å². The molecule has 0 saturated heterocycles. The summed E-state index contributed by atoms with van der Waals surface area (Å²) in [6.07, 6.45) is -1.83. The molecule has 134 valence electrons. The fraction of sp³-hybridized carbons (Fsp3) is 0.529. The molecule has 4 N–H and O–H groups in total. The van der Waals surface area contributed by atoms with Crippen LogP contribution >= 0.6 is 11.6 Å². The molecule has 24 heavy (non-hydrogen) atoms. The van der Waals surface area contributed by atoms with Crippen molar-refractivity contribution in [3.05, 3.63) is 35.9 Å². The Morgan fingerprint density at radius 1 is 1.17 bits per heavy atom. The molecule has 0 fully saturated rings. The fourth-order valence-electron chi connectivity index (χ4n) is 2.32. The Morgan fingerprint density at radius 3 is 2.21 bits per heavy atom. The summed E-state index contributed by atoms with van der Waals surface area (Å²) in [4.78, 5) is 23.5. The Balaban J connectivity index is 2.91.